The maximum absolute atomic E-state index is 16.3. The first-order valence-electron chi connectivity index (χ1n) is 24.8. The summed E-state index contributed by atoms with van der Waals surface area (Å²) < 4.78 is 41.4. The van der Waals surface area contributed by atoms with E-state index < -0.39 is 118 Å². The number of amides is 1. The molecule has 3 aromatic rings. The number of carbonyl (C=O) groups is 5. The van der Waals surface area contributed by atoms with Crippen LogP contribution in [0.1, 0.15) is 127 Å². The number of nitrogens with one attached hydrogen (secondary N) is 2. The van der Waals surface area contributed by atoms with E-state index >= 15 is 9.18 Å². The van der Waals surface area contributed by atoms with Crippen LogP contribution >= 0.6 is 0 Å². The number of allylic oxidation sites excluding steroid dienone is 4. The molecule has 1 unspecified atom stereocenters. The number of aryl methyl sites for hydroxylation is 2. The predicted octanol–water partition coefficient (Wildman–Crippen LogP) is 6.07. The summed E-state index contributed by atoms with van der Waals surface area (Å²) >= 11 is 0. The van der Waals surface area contributed by atoms with Crippen LogP contribution in [0.3, 0.4) is 0 Å². The minimum absolute atomic E-state index is 0.0550. The highest BCUT2D eigenvalue weighted by Gasteiger charge is 2.53. The van der Waals surface area contributed by atoms with Crippen LogP contribution in [0.25, 0.3) is 5.52 Å². The molecule has 18 heteroatoms. The molecule has 5 bridgehead atoms. The number of benzene rings is 1. The fraction of sp³-hybridized carbons (Fsp3) is 0.491. The first-order valence-corrected chi connectivity index (χ1v) is 24.8. The van der Waals surface area contributed by atoms with Gasteiger partial charge in [-0.15, -0.1) is 0 Å². The minimum Gasteiger partial charge on any atom is -0.507 e. The third kappa shape index (κ3) is 9.37. The molecule has 1 amide bonds. The normalized spacial score (nSPS) is 30.7. The SMILES string of the molecule is CO[C@H]1/C=C/O[C@@]2(C)Oc3c(C)c(O)c4c(c3C2=O)C(=O)C(NC2CCN(c3c(F)cn5c(=O)c(C)cc(C6CC6)c5c3C)C2)=C(NC(=O)/C(C)=C\C=C\[C@H](C)[C@H](O)[C@@H](C)[C@@H](O)[C@@H](C)[C@H](OC(C)=O)[C@@H]1C)C4=O. The van der Waals surface area contributed by atoms with Crippen molar-refractivity contribution < 1.29 is 62.6 Å². The average molecular weight is 1010 g/mol. The molecule has 1 saturated heterocycles. The van der Waals surface area contributed by atoms with E-state index in [9.17, 15) is 39.3 Å². The maximum atomic E-state index is 16.3. The summed E-state index contributed by atoms with van der Waals surface area (Å²) in [7, 11) is 1.41. The van der Waals surface area contributed by atoms with Gasteiger partial charge >= 0.3 is 11.8 Å². The first-order chi connectivity index (χ1) is 34.4. The molecular formula is C55H65FN4O13. The molecular weight excluding hydrogens is 944 g/mol. The molecule has 2 aromatic heterocycles. The number of hydrogen-bond acceptors (Lipinski definition) is 15. The van der Waals surface area contributed by atoms with Crippen molar-refractivity contribution in [3.05, 3.63) is 115 Å². The Kier molecular flexibility index (Phi) is 14.4. The lowest BCUT2D eigenvalue weighted by molar-refractivity contribution is -0.160. The standard InChI is InChI=1S/C55H65FN4O13/c1-24-13-12-14-25(2)53(68)58-42-41(57-34-17-19-59(22-34)44-28(5)43-35(33-15-16-33)21-26(3)54(69)60(43)23-36(44)56)48(65)38-39(49(42)66)47(64)31(8)51-40(38)52(67)55(10,73-51)71-20-18-37(70-11)27(4)50(72-32(9)61)30(7)46(63)29(6)45(24)62/h12-14,18,20-21,23-24,27,29-30,33-34,37,45-46,50,57,62-64H,15-17,19,22H2,1-11H3,(H,58,68)/b13-12+,20-18+,25-14-/t24-,27+,29+,30+,34?,37-,45-,46+,50+,55-/m0/s1. The Bertz CT molecular complexity index is 3020. The number of anilines is 1. The number of aliphatic hydroxyl groups excluding tert-OH is 2. The molecule has 73 heavy (non-hydrogen) atoms. The number of carbonyl (C=O) groups excluding carboxylic acids is 5. The second-order valence-corrected chi connectivity index (χ2v) is 20.6. The van der Waals surface area contributed by atoms with E-state index in [1.165, 1.54) is 63.6 Å². The average Bonchev–Trinajstić information content (AvgIpc) is 4.04. The Morgan fingerprint density at radius 3 is 2.27 bits per heavy atom. The van der Waals surface area contributed by atoms with Gasteiger partial charge in [0.05, 0.1) is 58.7 Å². The van der Waals surface area contributed by atoms with Crippen LogP contribution in [0.2, 0.25) is 0 Å². The van der Waals surface area contributed by atoms with Crippen LogP contribution in [0, 0.1) is 50.3 Å². The second kappa shape index (κ2) is 20.0. The van der Waals surface area contributed by atoms with Gasteiger partial charge in [-0.3, -0.25) is 33.2 Å². The number of Topliss-reactive ketones (excluding diaryl/α,β-unsaturated/α-hetero) is 3. The monoisotopic (exact) mass is 1010 g/mol. The second-order valence-electron chi connectivity index (χ2n) is 20.6. The van der Waals surface area contributed by atoms with Crippen molar-refractivity contribution in [2.75, 3.05) is 25.1 Å². The van der Waals surface area contributed by atoms with Crippen molar-refractivity contribution in [3.63, 3.8) is 0 Å². The lowest BCUT2D eigenvalue weighted by Gasteiger charge is -2.38. The maximum Gasteiger partial charge on any atom is 0.312 e. The van der Waals surface area contributed by atoms with E-state index in [4.69, 9.17) is 18.9 Å². The highest BCUT2D eigenvalue weighted by atomic mass is 19.1. The fourth-order valence-electron chi connectivity index (χ4n) is 11.0. The van der Waals surface area contributed by atoms with Gasteiger partial charge in [-0.1, -0.05) is 45.9 Å². The number of methoxy groups -OCH3 is 1. The Hall–Kier alpha value is -6.63. The Labute approximate surface area is 422 Å². The molecule has 17 nitrogen and oxygen atoms in total. The molecule has 6 aliphatic rings. The zero-order chi connectivity index (χ0) is 53.3. The van der Waals surface area contributed by atoms with Gasteiger partial charge in [0.15, 0.2) is 5.82 Å². The molecule has 2 fully saturated rings. The number of aliphatic hydroxyl groups is 2. The van der Waals surface area contributed by atoms with E-state index in [1.807, 2.05) is 6.07 Å². The topological polar surface area (TPSA) is 232 Å². The van der Waals surface area contributed by atoms with E-state index in [0.29, 0.717) is 29.6 Å². The highest BCUT2D eigenvalue weighted by Crippen LogP contribution is 2.49. The van der Waals surface area contributed by atoms with Gasteiger partial charge in [0.1, 0.15) is 29.0 Å². The predicted molar refractivity (Wildman–Crippen MR) is 267 cm³/mol. The molecule has 1 aromatic carbocycles. The Balaban J connectivity index is 1.20. The van der Waals surface area contributed by atoms with Crippen molar-refractivity contribution in [2.24, 2.45) is 23.7 Å². The van der Waals surface area contributed by atoms with Crippen molar-refractivity contribution in [1.82, 2.24) is 15.0 Å². The molecule has 6 heterocycles. The number of hydrogen-bond donors (Lipinski definition) is 5. The van der Waals surface area contributed by atoms with Crippen molar-refractivity contribution in [3.8, 4) is 11.5 Å². The van der Waals surface area contributed by atoms with Gasteiger partial charge in [0, 0.05) is 80.5 Å². The number of aromatic hydroxyl groups is 1. The number of phenols is 1. The van der Waals surface area contributed by atoms with Crippen LogP contribution in [-0.2, 0) is 23.8 Å². The van der Waals surface area contributed by atoms with Crippen molar-refractivity contribution >= 4 is 40.4 Å². The summed E-state index contributed by atoms with van der Waals surface area (Å²) in [6.45, 7) is 16.1. The molecule has 390 valence electrons. The third-order valence-corrected chi connectivity index (χ3v) is 15.4. The van der Waals surface area contributed by atoms with E-state index in [0.717, 1.165) is 24.7 Å². The van der Waals surface area contributed by atoms with Crippen molar-refractivity contribution in [1.29, 1.82) is 0 Å². The van der Waals surface area contributed by atoms with E-state index in [1.54, 1.807) is 52.5 Å². The molecule has 4 aliphatic heterocycles. The molecule has 0 radical (unpaired) electrons. The van der Waals surface area contributed by atoms with Gasteiger partial charge < -0.3 is 49.8 Å². The Morgan fingerprint density at radius 2 is 1.62 bits per heavy atom. The van der Waals surface area contributed by atoms with Crippen molar-refractivity contribution in [2.45, 2.75) is 131 Å². The smallest absolute Gasteiger partial charge is 0.312 e. The number of aromatic nitrogens is 1. The first kappa shape index (κ1) is 52.7. The van der Waals surface area contributed by atoms with Crippen LogP contribution < -0.4 is 25.8 Å². The van der Waals surface area contributed by atoms with Gasteiger partial charge in [0.25, 0.3) is 17.2 Å². The lowest BCUT2D eigenvalue weighted by Crippen LogP contribution is -2.46. The summed E-state index contributed by atoms with van der Waals surface area (Å²) in [6, 6.07) is 1.24. The number of esters is 1. The quantitative estimate of drug-likeness (QED) is 0.176. The summed E-state index contributed by atoms with van der Waals surface area (Å²) in [4.78, 5) is 86.5. The van der Waals surface area contributed by atoms with Crippen LogP contribution in [0.4, 0.5) is 10.1 Å². The summed E-state index contributed by atoms with van der Waals surface area (Å²) in [5.74, 6) is -10.3. The highest BCUT2D eigenvalue weighted by molar-refractivity contribution is 6.32. The molecule has 9 rings (SSSR count). The zero-order valence-electron chi connectivity index (χ0n) is 43.0. The van der Waals surface area contributed by atoms with E-state index in [2.05, 4.69) is 10.6 Å². The lowest BCUT2D eigenvalue weighted by atomic mass is 9.78. The molecule has 0 spiro atoms. The zero-order valence-corrected chi connectivity index (χ0v) is 43.0. The number of phenolic OH excluding ortho intramolecular Hbond substituents is 1. The number of halogens is 1. The Morgan fingerprint density at radius 1 is 0.918 bits per heavy atom. The van der Waals surface area contributed by atoms with Crippen LogP contribution in [0.5, 0.6) is 11.5 Å². The van der Waals surface area contributed by atoms with Crippen LogP contribution in [-0.4, -0.2) is 105 Å². The summed E-state index contributed by atoms with van der Waals surface area (Å²) in [6.07, 6.45) is 6.58. The number of fused-ring (bicyclic) bond motifs is 15. The molecule has 10 atom stereocenters. The number of nitrogens with zero attached hydrogens (tertiary/aromatic N) is 2. The van der Waals surface area contributed by atoms with Gasteiger partial charge in [-0.25, -0.2) is 4.39 Å². The van der Waals surface area contributed by atoms with E-state index in [-0.39, 0.29) is 51.9 Å². The largest absolute Gasteiger partial charge is 0.507 e. The number of ketones is 3. The number of rotatable bonds is 6. The molecule has 5 N–H and O–H groups in total. The number of pyridine rings is 2. The summed E-state index contributed by atoms with van der Waals surface area (Å²) in [5.41, 5.74) is 0.477. The van der Waals surface area contributed by atoms with Gasteiger partial charge in [-0.2, -0.15) is 0 Å². The van der Waals surface area contributed by atoms with Gasteiger partial charge in [-0.05, 0) is 76.1 Å². The minimum atomic E-state index is -2.16. The van der Waals surface area contributed by atoms with Gasteiger partial charge in [0.2, 0.25) is 11.6 Å². The molecule has 1 saturated carbocycles. The van der Waals surface area contributed by atoms with Crippen LogP contribution in [0.15, 0.2) is 64.6 Å². The molecule has 2 aliphatic carbocycles. The summed E-state index contributed by atoms with van der Waals surface area (Å²) in [5, 5.41) is 40.6. The third-order valence-electron chi connectivity index (χ3n) is 15.4. The number of ether oxygens (including phenoxy) is 4. The fourth-order valence-corrected chi connectivity index (χ4v) is 11.0.